The number of hydrogen-bond donors (Lipinski definition) is 2. The largest absolute Gasteiger partial charge is 0.519 e. The molecule has 7 rings (SSSR count). The van der Waals surface area contributed by atoms with Crippen molar-refractivity contribution < 1.29 is 41.8 Å². The minimum Gasteiger partial charge on any atom is -0.481 e. The Kier molecular flexibility index (Phi) is 9.26. The first-order chi connectivity index (χ1) is 25.0. The maximum atomic E-state index is 15.0. The smallest absolute Gasteiger partial charge is 0.481 e. The van der Waals surface area contributed by atoms with Gasteiger partial charge in [0, 0.05) is 43.8 Å². The number of carbonyl (C=O) groups is 3. The zero-order valence-electron chi connectivity index (χ0n) is 33.4. The number of nitrogens with one attached hydrogen (secondary N) is 1. The number of carboxylic acids is 1. The van der Waals surface area contributed by atoms with Crippen LogP contribution in [-0.2, 0) is 20.9 Å². The van der Waals surface area contributed by atoms with Crippen molar-refractivity contribution in [2.45, 2.75) is 156 Å². The molecule has 0 spiro atoms. The molecule has 10 nitrogen and oxygen atoms in total. The summed E-state index contributed by atoms with van der Waals surface area (Å²) >= 11 is 0. The lowest BCUT2D eigenvalue weighted by Crippen LogP contribution is -2.74. The van der Waals surface area contributed by atoms with Gasteiger partial charge in [0.15, 0.2) is 23.9 Å². The molecule has 4 saturated carbocycles. The van der Waals surface area contributed by atoms with Crippen molar-refractivity contribution in [1.29, 1.82) is 0 Å². The summed E-state index contributed by atoms with van der Waals surface area (Å²) in [5.74, 6) is -4.55. The summed E-state index contributed by atoms with van der Waals surface area (Å²) in [6.07, 6.45) is 7.30. The normalized spacial score (nSPS) is 43.2. The SMILES string of the molecule is CC(C)c1oc(=O)oc1COC(=O)N[C@@]1(C)C2CC[C@]3(C)[C@H](C(=O)C=C4C5C[C@@](C)(C(=O)O)CC[C@]5(C)CC[C@]43C)[C@@]2(C)CC[C@@H]1N1CCC(F)(F)CC1. The molecule has 54 heavy (non-hydrogen) atoms. The van der Waals surface area contributed by atoms with E-state index in [1.807, 2.05) is 33.8 Å². The first-order valence-electron chi connectivity index (χ1n) is 20.2. The van der Waals surface area contributed by atoms with Gasteiger partial charge in [0.1, 0.15) is 0 Å². The number of rotatable bonds is 6. The maximum absolute atomic E-state index is 15.0. The van der Waals surface area contributed by atoms with Gasteiger partial charge in [0.25, 0.3) is 5.92 Å². The molecule has 0 radical (unpaired) electrons. The number of alkyl carbamates (subject to hydrolysis) is 1. The lowest BCUT2D eigenvalue weighted by Gasteiger charge is -2.71. The minimum absolute atomic E-state index is 0.00360. The third kappa shape index (κ3) is 5.84. The summed E-state index contributed by atoms with van der Waals surface area (Å²) in [5, 5.41) is 13.5. The predicted molar refractivity (Wildman–Crippen MR) is 196 cm³/mol. The average molecular weight is 759 g/mol. The van der Waals surface area contributed by atoms with E-state index in [1.54, 1.807) is 0 Å². The molecular weight excluding hydrogens is 698 g/mol. The Balaban J connectivity index is 1.23. The Hall–Kier alpha value is -3.02. The first-order valence-corrected chi connectivity index (χ1v) is 20.2. The van der Waals surface area contributed by atoms with Crippen molar-refractivity contribution in [2.75, 3.05) is 13.1 Å². The lowest BCUT2D eigenvalue weighted by atomic mass is 9.33. The Morgan fingerprint density at radius 3 is 2.26 bits per heavy atom. The van der Waals surface area contributed by atoms with Crippen LogP contribution in [0.4, 0.5) is 13.6 Å². The van der Waals surface area contributed by atoms with E-state index in [9.17, 15) is 33.1 Å². The topological polar surface area (TPSA) is 139 Å². The van der Waals surface area contributed by atoms with Crippen LogP contribution in [0.25, 0.3) is 0 Å². The Labute approximate surface area is 317 Å². The minimum atomic E-state index is -2.73. The van der Waals surface area contributed by atoms with Gasteiger partial charge in [-0.2, -0.15) is 0 Å². The molecule has 0 bridgehead atoms. The standard InChI is InChI=1S/C42H60F2N2O8/c1-24(2)31-28(53-35(51)54-31)23-52-34(50)45-41(8)29-9-12-40(7)32(38(29,5)11-10-30(41)46-19-17-42(43,44)18-20-46)27(47)21-25-26-22-37(4,33(48)49)14-13-36(26,3)15-16-39(25,40)6/h21,24,26,29-30,32H,9-20,22-23H2,1-8H3,(H,45,50)(H,48,49)/t26?,29?,30-,32+,36+,37-,38-,39+,40+,41-/m0/s1. The number of halogens is 2. The number of alkyl halides is 2. The number of carbonyl (C=O) groups excluding carboxylic acids is 2. The molecule has 5 fully saturated rings. The summed E-state index contributed by atoms with van der Waals surface area (Å²) in [6.45, 7) is 16.7. The lowest BCUT2D eigenvalue weighted by molar-refractivity contribution is -0.190. The quantitative estimate of drug-likeness (QED) is 0.293. The molecule has 1 saturated heterocycles. The fourth-order valence-electron chi connectivity index (χ4n) is 13.2. The highest BCUT2D eigenvalue weighted by molar-refractivity contribution is 5.95. The number of ether oxygens (including phenoxy) is 1. The van der Waals surface area contributed by atoms with Crippen LogP contribution in [-0.4, -0.2) is 58.4 Å². The van der Waals surface area contributed by atoms with Gasteiger partial charge in [0.05, 0.1) is 11.0 Å². The highest BCUT2D eigenvalue weighted by atomic mass is 19.3. The van der Waals surface area contributed by atoms with E-state index in [0.717, 1.165) is 31.3 Å². The van der Waals surface area contributed by atoms with Gasteiger partial charge in [-0.1, -0.05) is 47.1 Å². The fraction of sp³-hybridized carbons (Fsp3) is 0.810. The van der Waals surface area contributed by atoms with Crippen LogP contribution in [0.1, 0.15) is 143 Å². The van der Waals surface area contributed by atoms with Crippen LogP contribution in [0.5, 0.6) is 0 Å². The predicted octanol–water partition coefficient (Wildman–Crippen LogP) is 8.48. The number of hydrogen-bond acceptors (Lipinski definition) is 8. The van der Waals surface area contributed by atoms with E-state index < -0.39 is 45.6 Å². The van der Waals surface area contributed by atoms with Crippen LogP contribution in [0.3, 0.4) is 0 Å². The van der Waals surface area contributed by atoms with Gasteiger partial charge in [-0.25, -0.2) is 18.4 Å². The van der Waals surface area contributed by atoms with Crippen molar-refractivity contribution in [2.24, 2.45) is 44.8 Å². The van der Waals surface area contributed by atoms with E-state index in [1.165, 1.54) is 0 Å². The number of piperidine rings is 1. The van der Waals surface area contributed by atoms with Crippen LogP contribution < -0.4 is 11.1 Å². The number of nitrogens with zero attached hydrogens (tertiary/aromatic N) is 1. The number of carboxylic acid groups (broad SMARTS) is 1. The van der Waals surface area contributed by atoms with Crippen LogP contribution in [0.15, 0.2) is 25.3 Å². The number of allylic oxidation sites excluding steroid dienone is 2. The highest BCUT2D eigenvalue weighted by Crippen LogP contribution is 2.74. The molecule has 1 aliphatic heterocycles. The monoisotopic (exact) mass is 758 g/mol. The number of amides is 1. The number of likely N-dealkylation sites (tertiary alicyclic amines) is 1. The molecule has 2 heterocycles. The number of fused-ring (bicyclic) bond motifs is 7. The Morgan fingerprint density at radius 2 is 1.61 bits per heavy atom. The van der Waals surface area contributed by atoms with Crippen LogP contribution >= 0.6 is 0 Å². The molecule has 1 aromatic heterocycles. The highest BCUT2D eigenvalue weighted by Gasteiger charge is 2.71. The second kappa shape index (κ2) is 12.7. The van der Waals surface area contributed by atoms with E-state index in [0.29, 0.717) is 37.9 Å². The molecular formula is C42H60F2N2O8. The third-order valence-electron chi connectivity index (χ3n) is 16.6. The van der Waals surface area contributed by atoms with Gasteiger partial charge in [-0.05, 0) is 111 Å². The second-order valence-electron chi connectivity index (χ2n) is 19.9. The maximum Gasteiger partial charge on any atom is 0.519 e. The molecule has 300 valence electrons. The van der Waals surface area contributed by atoms with E-state index in [-0.39, 0.29) is 84.6 Å². The fourth-order valence-corrected chi connectivity index (χ4v) is 13.2. The molecule has 2 N–H and O–H groups in total. The summed E-state index contributed by atoms with van der Waals surface area (Å²) in [5.41, 5.74) is -1.99. The molecule has 2 unspecified atom stereocenters. The summed E-state index contributed by atoms with van der Waals surface area (Å²) < 4.78 is 45.0. The Morgan fingerprint density at radius 1 is 0.944 bits per heavy atom. The average Bonchev–Trinajstić information content (AvgIpc) is 3.46. The van der Waals surface area contributed by atoms with E-state index in [4.69, 9.17) is 13.6 Å². The molecule has 10 atom stereocenters. The van der Waals surface area contributed by atoms with Crippen LogP contribution in [0.2, 0.25) is 0 Å². The van der Waals surface area contributed by atoms with E-state index in [2.05, 4.69) is 37.9 Å². The van der Waals surface area contributed by atoms with Gasteiger partial charge in [0.2, 0.25) is 0 Å². The zero-order valence-corrected chi connectivity index (χ0v) is 33.4. The van der Waals surface area contributed by atoms with Crippen molar-refractivity contribution in [1.82, 2.24) is 10.2 Å². The molecule has 1 aromatic rings. The molecule has 5 aliphatic carbocycles. The van der Waals surface area contributed by atoms with Crippen molar-refractivity contribution >= 4 is 17.8 Å². The van der Waals surface area contributed by atoms with Gasteiger partial charge in [-0.15, -0.1) is 0 Å². The van der Waals surface area contributed by atoms with Gasteiger partial charge >= 0.3 is 17.9 Å². The molecule has 0 aromatic carbocycles. The number of aliphatic carboxylic acids is 1. The molecule has 6 aliphatic rings. The van der Waals surface area contributed by atoms with Crippen molar-refractivity contribution in [3.8, 4) is 0 Å². The van der Waals surface area contributed by atoms with E-state index >= 15 is 0 Å². The Bertz CT molecular complexity index is 1790. The van der Waals surface area contributed by atoms with Crippen molar-refractivity contribution in [3.05, 3.63) is 33.8 Å². The zero-order chi connectivity index (χ0) is 39.4. The summed E-state index contributed by atoms with van der Waals surface area (Å²) in [7, 11) is 0. The van der Waals surface area contributed by atoms with Crippen LogP contribution in [0, 0.1) is 44.8 Å². The molecule has 12 heteroatoms. The van der Waals surface area contributed by atoms with Gasteiger partial charge < -0.3 is 24.0 Å². The third-order valence-corrected chi connectivity index (χ3v) is 16.6. The second-order valence-corrected chi connectivity index (χ2v) is 19.9. The number of ketones is 1. The summed E-state index contributed by atoms with van der Waals surface area (Å²) in [6, 6.07) is -0.270. The van der Waals surface area contributed by atoms with Gasteiger partial charge in [-0.3, -0.25) is 14.5 Å². The van der Waals surface area contributed by atoms with Crippen molar-refractivity contribution in [3.63, 3.8) is 0 Å². The first kappa shape index (κ1) is 39.2. The molecule has 1 amide bonds. The summed E-state index contributed by atoms with van der Waals surface area (Å²) in [4.78, 5) is 55.3.